The van der Waals surface area contributed by atoms with Crippen LogP contribution < -0.4 is 33.1 Å². The minimum Gasteiger partial charge on any atom is -0.492 e. The molecule has 2 saturated heterocycles. The number of aromatic nitrogens is 12. The number of benzene rings is 1. The second kappa shape index (κ2) is 22.3. The molecule has 7 aromatic rings. The average Bonchev–Trinajstić information content (AvgIpc) is 4.42. The van der Waals surface area contributed by atoms with E-state index in [-0.39, 0.29) is 83.0 Å². The number of aliphatic hydroxyl groups excluding tert-OH is 1. The second-order valence-electron chi connectivity index (χ2n) is 17.1. The van der Waals surface area contributed by atoms with E-state index in [1.54, 1.807) is 24.3 Å². The summed E-state index contributed by atoms with van der Waals surface area (Å²) in [5.41, 5.74) is 10.9. The van der Waals surface area contributed by atoms with Gasteiger partial charge in [-0.3, -0.25) is 46.8 Å². The van der Waals surface area contributed by atoms with Crippen LogP contribution in [0.1, 0.15) is 12.2 Å². The predicted octanol–water partition coefficient (Wildman–Crippen LogP) is -0.523. The maximum absolute atomic E-state index is 13.9. The van der Waals surface area contributed by atoms with Crippen LogP contribution in [0.4, 0.5) is 17.7 Å². The third kappa shape index (κ3) is 12.3. The number of ether oxygens (including phenoxy) is 4. The number of nitrogen functional groups attached to an aromatic ring is 3. The Bertz CT molecular complexity index is 3740. The first-order chi connectivity index (χ1) is 37.2. The topological polar surface area (TPSA) is 531 Å². The maximum Gasteiger partial charge on any atom is 0.490 e. The van der Waals surface area contributed by atoms with Crippen LogP contribution in [0.25, 0.3) is 33.5 Å². The van der Waals surface area contributed by atoms with E-state index in [0.29, 0.717) is 10.8 Å². The van der Waals surface area contributed by atoms with Gasteiger partial charge in [-0.15, -0.1) is 0 Å². The number of H-pyrrole nitrogens is 2. The van der Waals surface area contributed by atoms with Gasteiger partial charge >= 0.3 is 31.3 Å². The van der Waals surface area contributed by atoms with E-state index in [0.717, 1.165) is 35.2 Å². The lowest BCUT2D eigenvalue weighted by Gasteiger charge is -2.35. The molecular weight excluding hydrogens is 1170 g/mol. The Balaban J connectivity index is 0.844. The molecule has 14 N–H and O–H groups in total. The van der Waals surface area contributed by atoms with Gasteiger partial charge in [-0.25, -0.2) is 43.2 Å². The van der Waals surface area contributed by atoms with Gasteiger partial charge in [-0.1, -0.05) is 11.6 Å². The molecule has 428 valence electrons. The fourth-order valence-corrected chi connectivity index (χ4v) is 13.1. The molecule has 0 bridgehead atoms. The second-order valence-corrected chi connectivity index (χ2v) is 23.5. The molecule has 2 fully saturated rings. The number of nitrogens with one attached hydrogen (secondary N) is 2. The summed E-state index contributed by atoms with van der Waals surface area (Å²) < 4.78 is 108. The molecule has 10 atom stereocenters. The molecular formula is C37H46ClN15O22P4. The van der Waals surface area contributed by atoms with Gasteiger partial charge in [-0.05, 0) is 30.7 Å². The van der Waals surface area contributed by atoms with Crippen molar-refractivity contribution in [3.8, 4) is 5.75 Å². The van der Waals surface area contributed by atoms with Crippen LogP contribution in [-0.2, 0) is 83.6 Å². The number of hydrogen-bond donors (Lipinski definition) is 11. The molecule has 6 aromatic heterocycles. The Morgan fingerprint density at radius 1 is 0.772 bits per heavy atom. The standard InChI is InChI=1S/C37H46ClN15O22P4/c1-66-37(53-17-44-23-28(39)42-15-43-30(23)53)14-69-21(27(37)73-76(58,59)71-11-20-26(54)36(57,13-68-20)52-16-45-24-31(52)48-35(41)49-32(24)55)12-72-78(62,63)75-79(64,65)74-77(60,61)70-9-2-3-22-46-29-25(33(56)50-34(40)47-29)51(22)8-10-67-19-6-4-18(38)5-7-19/h4-7,15-17,20-21,26-27,54,57H,2-3,8-14H2,1H3,(H,58,59)(H,60,61)(H,62,63)(H,64,65)(H2,39,42,43)(H3,40,47,50,56)(H3,41,48,49,55). The Hall–Kier alpha value is -5.72. The first kappa shape index (κ1) is 58.0. The third-order valence-electron chi connectivity index (χ3n) is 12.0. The number of fused-ring (bicyclic) bond motifs is 3. The van der Waals surface area contributed by atoms with E-state index in [2.05, 4.69) is 53.5 Å². The first-order valence-corrected chi connectivity index (χ1v) is 28.9. The van der Waals surface area contributed by atoms with Gasteiger partial charge < -0.3 is 70.5 Å². The number of anilines is 3. The van der Waals surface area contributed by atoms with Crippen LogP contribution in [-0.4, -0.2) is 160 Å². The van der Waals surface area contributed by atoms with E-state index < -0.39 is 111 Å². The lowest BCUT2D eigenvalue weighted by Crippen LogP contribution is -2.50. The SMILES string of the molecule is COC1(n2cnc3c(N)ncnc32)COC(COP(=O)(O)OP(=O)(O)OP(=O)(O)OCCCc2nc3nc(N)[nH]c(=O)c3n2CCOc2ccc(Cl)cc2)C1OP(=O)(O)OCC1OCC(O)(n2cnc3c(=O)[nH]c(N)nc32)C1O. The molecule has 79 heavy (non-hydrogen) atoms. The lowest BCUT2D eigenvalue weighted by atomic mass is 10.1. The molecule has 0 amide bonds. The molecule has 1 aromatic carbocycles. The van der Waals surface area contributed by atoms with E-state index in [1.807, 2.05) is 0 Å². The van der Waals surface area contributed by atoms with Crippen LogP contribution in [0.2, 0.25) is 5.02 Å². The van der Waals surface area contributed by atoms with Crippen molar-refractivity contribution < 1.29 is 93.7 Å². The predicted molar refractivity (Wildman–Crippen MR) is 265 cm³/mol. The van der Waals surface area contributed by atoms with Gasteiger partial charge in [0.05, 0.1) is 52.2 Å². The number of aromatic amines is 2. The number of nitrogens with two attached hydrogens (primary N) is 3. The summed E-state index contributed by atoms with van der Waals surface area (Å²) in [6.07, 6.45) is -4.47. The van der Waals surface area contributed by atoms with E-state index >= 15 is 0 Å². The van der Waals surface area contributed by atoms with Crippen LogP contribution in [0.15, 0.2) is 52.8 Å². The van der Waals surface area contributed by atoms with Crippen molar-refractivity contribution in [2.75, 3.05) is 64.0 Å². The summed E-state index contributed by atoms with van der Waals surface area (Å²) in [6, 6.07) is 6.48. The van der Waals surface area contributed by atoms with Gasteiger partial charge in [0.1, 0.15) is 54.4 Å². The Labute approximate surface area is 444 Å². The van der Waals surface area contributed by atoms with Crippen LogP contribution in [0.3, 0.4) is 0 Å². The Morgan fingerprint density at radius 2 is 1.42 bits per heavy atom. The smallest absolute Gasteiger partial charge is 0.490 e. The Kier molecular flexibility index (Phi) is 16.4. The molecule has 0 radical (unpaired) electrons. The Morgan fingerprint density at radius 3 is 2.15 bits per heavy atom. The number of hydrogen-bond acceptors (Lipinski definition) is 28. The molecule has 0 aliphatic carbocycles. The number of aliphatic hydroxyl groups is 2. The van der Waals surface area contributed by atoms with E-state index in [4.69, 9.17) is 65.8 Å². The van der Waals surface area contributed by atoms with E-state index in [1.165, 1.54) is 4.57 Å². The van der Waals surface area contributed by atoms with Crippen LogP contribution in [0, 0.1) is 0 Å². The summed E-state index contributed by atoms with van der Waals surface area (Å²) in [5, 5.41) is 23.2. The highest BCUT2D eigenvalue weighted by Crippen LogP contribution is 2.68. The normalized spacial score (nSPS) is 24.7. The number of imidazole rings is 3. The lowest BCUT2D eigenvalue weighted by molar-refractivity contribution is -0.135. The van der Waals surface area contributed by atoms with Crippen LogP contribution in [0.5, 0.6) is 5.75 Å². The minimum absolute atomic E-state index is 0.000658. The van der Waals surface area contributed by atoms with Crippen molar-refractivity contribution in [3.63, 3.8) is 0 Å². The van der Waals surface area contributed by atoms with Crippen molar-refractivity contribution in [3.05, 3.63) is 74.8 Å². The van der Waals surface area contributed by atoms with Crippen molar-refractivity contribution in [2.24, 2.45) is 0 Å². The summed E-state index contributed by atoms with van der Waals surface area (Å²) >= 11 is 5.94. The maximum atomic E-state index is 13.9. The highest BCUT2D eigenvalue weighted by molar-refractivity contribution is 7.66. The number of phosphoric acid groups is 4. The van der Waals surface area contributed by atoms with Gasteiger partial charge in [-0.2, -0.15) is 18.6 Å². The minimum atomic E-state index is -6.09. The zero-order valence-corrected chi connectivity index (χ0v) is 44.6. The largest absolute Gasteiger partial charge is 0.492 e. The summed E-state index contributed by atoms with van der Waals surface area (Å²) in [6.45, 7) is -4.18. The fourth-order valence-electron chi connectivity index (χ4n) is 8.41. The summed E-state index contributed by atoms with van der Waals surface area (Å²) in [5.74, 6) is 0.00212. The number of rotatable bonds is 24. The summed E-state index contributed by atoms with van der Waals surface area (Å²) in [4.78, 5) is 101. The van der Waals surface area contributed by atoms with Crippen molar-refractivity contribution in [1.29, 1.82) is 0 Å². The molecule has 37 nitrogen and oxygen atoms in total. The van der Waals surface area contributed by atoms with Gasteiger partial charge in [0, 0.05) is 18.6 Å². The molecule has 42 heteroatoms. The van der Waals surface area contributed by atoms with E-state index in [9.17, 15) is 57.6 Å². The third-order valence-corrected chi connectivity index (χ3v) is 17.5. The number of phosphoric ester groups is 3. The zero-order chi connectivity index (χ0) is 56.9. The average molecular weight is 1210 g/mol. The molecule has 2 aliphatic heterocycles. The molecule has 0 saturated carbocycles. The monoisotopic (exact) mass is 1210 g/mol. The molecule has 8 heterocycles. The zero-order valence-electron chi connectivity index (χ0n) is 40.3. The molecule has 0 spiro atoms. The van der Waals surface area contributed by atoms with Gasteiger partial charge in [0.2, 0.25) is 11.9 Å². The van der Waals surface area contributed by atoms with Crippen molar-refractivity contribution >= 4 is 94.1 Å². The molecule has 10 unspecified atom stereocenters. The number of halogens is 1. The number of methoxy groups -OCH3 is 1. The first-order valence-electron chi connectivity index (χ1n) is 22.6. The highest BCUT2D eigenvalue weighted by Gasteiger charge is 2.58. The number of nitrogens with zero attached hydrogens (tertiary/aromatic N) is 10. The number of aryl methyl sites for hydroxylation is 1. The highest BCUT2D eigenvalue weighted by atomic mass is 35.5. The molecule has 9 rings (SSSR count). The van der Waals surface area contributed by atoms with Gasteiger partial charge in [0.15, 0.2) is 45.2 Å². The van der Waals surface area contributed by atoms with Crippen molar-refractivity contribution in [1.82, 2.24) is 58.6 Å². The van der Waals surface area contributed by atoms with Crippen LogP contribution >= 0.6 is 42.9 Å². The van der Waals surface area contributed by atoms with Gasteiger partial charge in [0.25, 0.3) is 11.1 Å². The summed E-state index contributed by atoms with van der Waals surface area (Å²) in [7, 11) is -22.0. The quantitative estimate of drug-likeness (QED) is 0.0268. The molecule has 2 aliphatic rings. The van der Waals surface area contributed by atoms with Crippen molar-refractivity contribution in [2.45, 2.75) is 55.3 Å². The fraction of sp³-hybridized carbons (Fsp3) is 0.432.